The molecule has 0 fully saturated rings. The van der Waals surface area contributed by atoms with Crippen LogP contribution in [0.1, 0.15) is 11.3 Å². The molecule has 0 radical (unpaired) electrons. The minimum absolute atomic E-state index is 0. The predicted molar refractivity (Wildman–Crippen MR) is 76.0 cm³/mol. The molecule has 5 heteroatoms. The van der Waals surface area contributed by atoms with Gasteiger partial charge >= 0.3 is 0 Å². The first kappa shape index (κ1) is 18.1. The fraction of sp³-hybridized carbons (Fsp3) is 0.167. The summed E-state index contributed by atoms with van der Waals surface area (Å²) in [5.41, 5.74) is 7.63. The summed E-state index contributed by atoms with van der Waals surface area (Å²) in [4.78, 5) is 13.1. The summed E-state index contributed by atoms with van der Waals surface area (Å²) in [7, 11) is 0. The number of carbonyl (C=O) groups is 1. The summed E-state index contributed by atoms with van der Waals surface area (Å²) in [6.45, 7) is 4.14. The number of aromatic nitrogens is 1. The van der Waals surface area contributed by atoms with Crippen molar-refractivity contribution in [3.63, 3.8) is 0 Å². The zero-order valence-electron chi connectivity index (χ0n) is 9.71. The van der Waals surface area contributed by atoms with Gasteiger partial charge < -0.3 is 5.73 Å². The van der Waals surface area contributed by atoms with Crippen LogP contribution in [0.3, 0.4) is 0 Å². The molecule has 1 aromatic heterocycles. The average molecular weight is 275 g/mol. The molecule has 0 atom stereocenters. The van der Waals surface area contributed by atoms with Crippen molar-refractivity contribution in [1.82, 2.24) is 4.98 Å². The maximum absolute atomic E-state index is 8.58. The predicted octanol–water partition coefficient (Wildman–Crippen LogP) is 2.80. The van der Waals surface area contributed by atoms with Gasteiger partial charge in [0, 0.05) is 11.1 Å². The minimum Gasteiger partial charge on any atom is -0.372 e. The number of hydrogen-bond acceptors (Lipinski definition) is 2. The van der Waals surface area contributed by atoms with Crippen LogP contribution in [0.15, 0.2) is 30.3 Å². The lowest BCUT2D eigenvalue weighted by atomic mass is 10.1. The largest absolute Gasteiger partial charge is 0.372 e. The van der Waals surface area contributed by atoms with Crippen molar-refractivity contribution in [3.05, 3.63) is 41.6 Å². The minimum atomic E-state index is 0. The highest BCUT2D eigenvalue weighted by molar-refractivity contribution is 5.85. The Hall–Kier alpha value is -1.32. The van der Waals surface area contributed by atoms with Gasteiger partial charge in [-0.2, -0.15) is 0 Å². The van der Waals surface area contributed by atoms with Crippen molar-refractivity contribution in [2.24, 2.45) is 5.73 Å². The molecule has 1 aromatic carbocycles. The van der Waals surface area contributed by atoms with E-state index in [4.69, 9.17) is 4.79 Å². The summed E-state index contributed by atoms with van der Waals surface area (Å²) in [5, 5.41) is 1.22. The smallest absolute Gasteiger partial charge is 0.204 e. The Bertz CT molecular complexity index is 435. The molecule has 0 aliphatic carbocycles. The molecule has 1 heterocycles. The number of amides is 1. The van der Waals surface area contributed by atoms with Gasteiger partial charge in [-0.3, -0.25) is 9.78 Å². The number of nitrogens with two attached hydrogens (primary N) is 1. The van der Waals surface area contributed by atoms with Gasteiger partial charge in [0.15, 0.2) is 0 Å². The monoisotopic (exact) mass is 274 g/mol. The van der Waals surface area contributed by atoms with Crippen LogP contribution in [-0.4, -0.2) is 11.4 Å². The number of carbonyl (C=O) groups excluding carboxylic acids is 1. The number of rotatable bonds is 0. The van der Waals surface area contributed by atoms with Crippen molar-refractivity contribution in [2.45, 2.75) is 13.8 Å². The first-order valence-electron chi connectivity index (χ1n) is 4.67. The zero-order chi connectivity index (χ0) is 11.3. The molecule has 0 bridgehead atoms. The van der Waals surface area contributed by atoms with Crippen LogP contribution >= 0.6 is 24.8 Å². The van der Waals surface area contributed by atoms with Gasteiger partial charge in [-0.25, -0.2) is 0 Å². The quantitative estimate of drug-likeness (QED) is 0.751. The Morgan fingerprint density at radius 2 is 1.71 bits per heavy atom. The normalized spacial score (nSPS) is 8.12. The van der Waals surface area contributed by atoms with Crippen LogP contribution in [0.2, 0.25) is 0 Å². The van der Waals surface area contributed by atoms with E-state index in [-0.39, 0.29) is 31.2 Å². The first-order valence-corrected chi connectivity index (χ1v) is 4.67. The maximum Gasteiger partial charge on any atom is 0.204 e. The lowest BCUT2D eigenvalue weighted by Crippen LogP contribution is -1.87. The van der Waals surface area contributed by atoms with Crippen molar-refractivity contribution in [1.29, 1.82) is 0 Å². The van der Waals surface area contributed by atoms with Gasteiger partial charge in [0.25, 0.3) is 0 Å². The molecular weight excluding hydrogens is 259 g/mol. The molecule has 2 rings (SSSR count). The van der Waals surface area contributed by atoms with E-state index in [2.05, 4.69) is 29.8 Å². The van der Waals surface area contributed by atoms with Gasteiger partial charge in [-0.15, -0.1) is 24.8 Å². The second-order valence-electron chi connectivity index (χ2n) is 3.22. The van der Waals surface area contributed by atoms with E-state index in [9.17, 15) is 0 Å². The summed E-state index contributed by atoms with van der Waals surface area (Å²) in [6.07, 6.45) is 0.250. The van der Waals surface area contributed by atoms with E-state index in [1.807, 2.05) is 25.1 Å². The second-order valence-corrected chi connectivity index (χ2v) is 3.22. The third-order valence-corrected chi connectivity index (χ3v) is 2.17. The standard InChI is InChI=1S/C11H11N.CH3NO.2ClH/c1-8-7-10-5-3-4-6-11(10)12-9(8)2;2-1-3;;/h3-7H,1-2H3;1H,(H2,2,3);2*1H. The summed E-state index contributed by atoms with van der Waals surface area (Å²) in [5.74, 6) is 0. The Labute approximate surface area is 113 Å². The third-order valence-electron chi connectivity index (χ3n) is 2.17. The van der Waals surface area contributed by atoms with E-state index in [0.29, 0.717) is 0 Å². The number of nitrogens with zero attached hydrogens (tertiary/aromatic N) is 1. The lowest BCUT2D eigenvalue weighted by Gasteiger charge is -2.01. The Kier molecular flexibility index (Phi) is 9.33. The maximum atomic E-state index is 8.58. The SMILES string of the molecule is Cc1cc2ccccc2nc1C.Cl.Cl.NC=O. The molecule has 17 heavy (non-hydrogen) atoms. The fourth-order valence-corrected chi connectivity index (χ4v) is 1.32. The highest BCUT2D eigenvalue weighted by Gasteiger charge is 1.96. The number of benzene rings is 1. The molecule has 0 saturated carbocycles. The topological polar surface area (TPSA) is 56.0 Å². The van der Waals surface area contributed by atoms with Gasteiger partial charge in [0.2, 0.25) is 6.41 Å². The number of hydrogen-bond donors (Lipinski definition) is 1. The van der Waals surface area contributed by atoms with E-state index < -0.39 is 0 Å². The molecule has 3 nitrogen and oxygen atoms in total. The van der Waals surface area contributed by atoms with E-state index >= 15 is 0 Å². The van der Waals surface area contributed by atoms with Gasteiger partial charge in [0.1, 0.15) is 0 Å². The molecule has 0 saturated heterocycles. The number of halogens is 2. The van der Waals surface area contributed by atoms with E-state index in [0.717, 1.165) is 11.2 Å². The van der Waals surface area contributed by atoms with Crippen LogP contribution in [0.5, 0.6) is 0 Å². The number of para-hydroxylation sites is 1. The Morgan fingerprint density at radius 3 is 2.29 bits per heavy atom. The van der Waals surface area contributed by atoms with E-state index in [1.54, 1.807) is 0 Å². The van der Waals surface area contributed by atoms with Crippen LogP contribution in [-0.2, 0) is 4.79 Å². The van der Waals surface area contributed by atoms with Crippen LogP contribution in [0.4, 0.5) is 0 Å². The van der Waals surface area contributed by atoms with Crippen LogP contribution in [0.25, 0.3) is 10.9 Å². The van der Waals surface area contributed by atoms with Crippen molar-refractivity contribution in [3.8, 4) is 0 Å². The molecular formula is C12H16Cl2N2O. The average Bonchev–Trinajstić information content (AvgIpc) is 2.21. The Balaban J connectivity index is 0. The van der Waals surface area contributed by atoms with Crippen LogP contribution in [0, 0.1) is 13.8 Å². The van der Waals surface area contributed by atoms with Gasteiger partial charge in [-0.05, 0) is 31.5 Å². The number of fused-ring (bicyclic) bond motifs is 1. The molecule has 0 aliphatic rings. The van der Waals surface area contributed by atoms with Gasteiger partial charge in [0.05, 0.1) is 5.52 Å². The van der Waals surface area contributed by atoms with Crippen molar-refractivity contribution >= 4 is 42.1 Å². The molecule has 0 aliphatic heterocycles. The number of primary amides is 1. The first-order chi connectivity index (χ1) is 7.19. The summed E-state index contributed by atoms with van der Waals surface area (Å²) < 4.78 is 0. The molecule has 0 unspecified atom stereocenters. The van der Waals surface area contributed by atoms with Crippen LogP contribution < -0.4 is 5.73 Å². The molecule has 0 spiro atoms. The number of aryl methyl sites for hydroxylation is 2. The van der Waals surface area contributed by atoms with E-state index in [1.165, 1.54) is 10.9 Å². The van der Waals surface area contributed by atoms with Crippen molar-refractivity contribution < 1.29 is 4.79 Å². The number of pyridine rings is 1. The molecule has 2 N–H and O–H groups in total. The third kappa shape index (κ3) is 5.02. The summed E-state index contributed by atoms with van der Waals surface area (Å²) >= 11 is 0. The lowest BCUT2D eigenvalue weighted by molar-refractivity contribution is -0.106. The fourth-order valence-electron chi connectivity index (χ4n) is 1.32. The van der Waals surface area contributed by atoms with Gasteiger partial charge in [-0.1, -0.05) is 18.2 Å². The highest BCUT2D eigenvalue weighted by Crippen LogP contribution is 2.14. The second kappa shape index (κ2) is 8.79. The van der Waals surface area contributed by atoms with Crippen molar-refractivity contribution in [2.75, 3.05) is 0 Å². The molecule has 2 aromatic rings. The zero-order valence-corrected chi connectivity index (χ0v) is 11.3. The molecule has 94 valence electrons. The highest BCUT2D eigenvalue weighted by atomic mass is 35.5. The summed E-state index contributed by atoms with van der Waals surface area (Å²) in [6, 6.07) is 10.4. The molecule has 1 amide bonds. The Morgan fingerprint density at radius 1 is 1.18 bits per heavy atom.